The van der Waals surface area contributed by atoms with Crippen LogP contribution in [0, 0.1) is 91.0 Å². The van der Waals surface area contributed by atoms with Crippen LogP contribution >= 0.6 is 7.82 Å². The van der Waals surface area contributed by atoms with E-state index in [9.17, 15) is 95.6 Å². The first-order chi connectivity index (χ1) is 20.0. The Bertz CT molecular complexity index is 1110. The van der Waals surface area contributed by atoms with Gasteiger partial charge < -0.3 is 0 Å². The molecule has 0 aliphatic rings. The van der Waals surface area contributed by atoms with E-state index in [1.54, 1.807) is 0 Å². The van der Waals surface area contributed by atoms with Gasteiger partial charge in [-0.3, -0.25) is 91.0 Å². The second kappa shape index (κ2) is 13.8. The van der Waals surface area contributed by atoms with Crippen molar-refractivity contribution in [2.45, 2.75) is 75.7 Å². The van der Waals surface area contributed by atoms with Crippen molar-refractivity contribution in [2.75, 3.05) is 0 Å². The van der Waals surface area contributed by atoms with Crippen molar-refractivity contribution in [3.63, 3.8) is 0 Å². The Kier molecular flexibility index (Phi) is 12.1. The van der Waals surface area contributed by atoms with Gasteiger partial charge in [0.05, 0.1) is 0 Å². The molecule has 31 nitrogen and oxygen atoms in total. The number of phosphoric acid groups is 1. The lowest BCUT2D eigenvalue weighted by Crippen LogP contribution is -2.64. The molecule has 0 fully saturated rings. The van der Waals surface area contributed by atoms with Gasteiger partial charge in [-0.05, 0) is 0 Å². The molecule has 0 amide bonds. The Balaban J connectivity index is 8.49. The molecule has 0 aromatic heterocycles. The minimum absolute atomic E-state index is 0.585. The van der Waals surface area contributed by atoms with Gasteiger partial charge in [-0.2, -0.15) is 0 Å². The largest absolute Gasteiger partial charge is 0.655 e. The van der Waals surface area contributed by atoms with E-state index in [1.165, 1.54) is 0 Å². The van der Waals surface area contributed by atoms with E-state index in [0.29, 0.717) is 20.8 Å². The molecule has 0 saturated carbocycles. The Morgan fingerprint density at radius 3 is 0.705 bits per heavy atom. The van der Waals surface area contributed by atoms with Crippen LogP contribution in [0.4, 0.5) is 0 Å². The highest BCUT2D eigenvalue weighted by Gasteiger charge is 2.85. The lowest BCUT2D eigenvalue weighted by molar-refractivity contribution is -0.890. The number of nitro groups is 9. The first-order valence-corrected chi connectivity index (χ1v) is 12.4. The first kappa shape index (κ1) is 38.7. The van der Waals surface area contributed by atoms with Crippen LogP contribution in [0.5, 0.6) is 0 Å². The highest BCUT2D eigenvalue weighted by molar-refractivity contribution is 7.48. The molecular weight excluding hydrogens is 653 g/mol. The number of hydrogen-bond acceptors (Lipinski definition) is 22. The molecule has 0 spiro atoms. The topological polar surface area (TPSA) is 433 Å². The van der Waals surface area contributed by atoms with E-state index in [-0.39, 0.29) is 0 Å². The molecule has 0 radical (unpaired) electrons. The maximum Gasteiger partial charge on any atom is 0.655 e. The van der Waals surface area contributed by atoms with Crippen molar-refractivity contribution < 1.29 is 62.4 Å². The normalized spacial score (nSPS) is 15.5. The average Bonchev–Trinajstić information content (AvgIpc) is 2.86. The van der Waals surface area contributed by atoms with E-state index < -0.39 is 107 Å². The van der Waals surface area contributed by atoms with Gasteiger partial charge in [-0.1, -0.05) is 20.8 Å². The predicted octanol–water partition coefficient (Wildman–Crippen LogP) is -0.0682. The molecule has 0 N–H and O–H groups in total. The number of rotatable bonds is 21. The molecule has 3 unspecified atom stereocenters. The summed E-state index contributed by atoms with van der Waals surface area (Å²) in [5.41, 5.74) is 0. The zero-order valence-electron chi connectivity index (χ0n) is 21.8. The molecular formula is C12H18N9O22P. The zero-order chi connectivity index (χ0) is 35.2. The summed E-state index contributed by atoms with van der Waals surface area (Å²) in [7, 11) is -7.79. The third kappa shape index (κ3) is 6.52. The minimum atomic E-state index is -7.79. The molecule has 44 heavy (non-hydrogen) atoms. The highest BCUT2D eigenvalue weighted by atomic mass is 31.2. The second-order valence-corrected chi connectivity index (χ2v) is 9.31. The zero-order valence-corrected chi connectivity index (χ0v) is 22.7. The Morgan fingerprint density at radius 2 is 0.614 bits per heavy atom. The highest BCUT2D eigenvalue weighted by Crippen LogP contribution is 2.60. The fourth-order valence-electron chi connectivity index (χ4n) is 3.52. The van der Waals surface area contributed by atoms with Crippen LogP contribution in [-0.4, -0.2) is 80.0 Å². The van der Waals surface area contributed by atoms with E-state index in [1.807, 2.05) is 0 Å². The smallest absolute Gasteiger partial charge is 0.263 e. The summed E-state index contributed by atoms with van der Waals surface area (Å²) < 4.78 is 25.6. The van der Waals surface area contributed by atoms with Gasteiger partial charge in [0.15, 0.2) is 0 Å². The summed E-state index contributed by atoms with van der Waals surface area (Å²) in [6, 6.07) is -10.3. The summed E-state index contributed by atoms with van der Waals surface area (Å²) in [5.74, 6) is -15.5. The third-order valence-corrected chi connectivity index (χ3v) is 7.01. The summed E-state index contributed by atoms with van der Waals surface area (Å²) in [5, 5.41) is 106. The van der Waals surface area contributed by atoms with E-state index in [0.717, 1.165) is 0 Å². The Morgan fingerprint density at radius 1 is 0.455 bits per heavy atom. The number of hydrogen-bond donors (Lipinski definition) is 0. The van der Waals surface area contributed by atoms with Crippen LogP contribution in [0.15, 0.2) is 0 Å². The third-order valence-electron chi connectivity index (χ3n) is 5.53. The molecule has 248 valence electrons. The van der Waals surface area contributed by atoms with Crippen LogP contribution in [0.1, 0.15) is 40.0 Å². The van der Waals surface area contributed by atoms with Crippen molar-refractivity contribution in [1.29, 1.82) is 0 Å². The number of phosphoric ester groups is 1. The minimum Gasteiger partial charge on any atom is -0.263 e. The summed E-state index contributed by atoms with van der Waals surface area (Å²) >= 11 is 0. The van der Waals surface area contributed by atoms with Crippen LogP contribution in [0.25, 0.3) is 0 Å². The van der Waals surface area contributed by atoms with Crippen molar-refractivity contribution in [3.05, 3.63) is 91.0 Å². The summed E-state index contributed by atoms with van der Waals surface area (Å²) in [6.45, 7) is 1.75. The standard InChI is InChI=1S/C12H18N9O22P/c1-4-7(13(22)23)10(16(28)29,17(30)31)41-44(40,42-11(18(32)33,19(34)35)8(5-2)14(24)25)43-12(20(36)37,21(38)39)9(6-3)15(26)27/h7-9H,4-6H2,1-3H3. The molecule has 0 aliphatic heterocycles. The quantitative estimate of drug-likeness (QED) is 0.0666. The fraction of sp³-hybridized carbons (Fsp3) is 1.00. The Hall–Kier alpha value is -5.29. The van der Waals surface area contributed by atoms with E-state index in [2.05, 4.69) is 13.6 Å². The fourth-order valence-corrected chi connectivity index (χ4v) is 5.38. The molecule has 0 aliphatic carbocycles. The molecule has 0 heterocycles. The van der Waals surface area contributed by atoms with Gasteiger partial charge in [0.25, 0.3) is 0 Å². The van der Waals surface area contributed by atoms with Gasteiger partial charge in [-0.15, -0.1) is 13.6 Å². The molecule has 0 aromatic carbocycles. The van der Waals surface area contributed by atoms with Gasteiger partial charge in [-0.25, -0.2) is 4.57 Å². The van der Waals surface area contributed by atoms with E-state index >= 15 is 0 Å². The molecule has 3 atom stereocenters. The van der Waals surface area contributed by atoms with Gasteiger partial charge >= 0.3 is 43.5 Å². The molecule has 0 aromatic rings. The van der Waals surface area contributed by atoms with Crippen LogP contribution in [0.3, 0.4) is 0 Å². The van der Waals surface area contributed by atoms with Crippen LogP contribution in [-0.2, 0) is 18.1 Å². The SMILES string of the molecule is CCC([N+](=O)[O-])C(OP(=O)(OC(C(CC)[N+](=O)[O-])([N+](=O)[O-])[N+](=O)[O-])OC(C(CC)[N+](=O)[O-])([N+](=O)[O-])[N+](=O)[O-])([N+](=O)[O-])[N+](=O)[O-]. The van der Waals surface area contributed by atoms with Crippen molar-refractivity contribution in [3.8, 4) is 0 Å². The van der Waals surface area contributed by atoms with Crippen molar-refractivity contribution in [1.82, 2.24) is 0 Å². The monoisotopic (exact) mass is 671 g/mol. The average molecular weight is 671 g/mol. The summed E-state index contributed by atoms with van der Waals surface area (Å²) in [4.78, 5) is 85.4. The maximum atomic E-state index is 13.9. The van der Waals surface area contributed by atoms with Gasteiger partial charge in [0.1, 0.15) is 29.5 Å². The van der Waals surface area contributed by atoms with Crippen molar-refractivity contribution in [2.24, 2.45) is 0 Å². The molecule has 0 saturated heterocycles. The predicted molar refractivity (Wildman–Crippen MR) is 124 cm³/mol. The lowest BCUT2D eigenvalue weighted by atomic mass is 10.1. The first-order valence-electron chi connectivity index (χ1n) is 11.0. The molecule has 0 rings (SSSR count). The van der Waals surface area contributed by atoms with Crippen LogP contribution in [0.2, 0.25) is 0 Å². The maximum absolute atomic E-state index is 13.9. The Labute approximate surface area is 238 Å². The number of nitrogens with zero attached hydrogens (tertiary/aromatic N) is 9. The lowest BCUT2D eigenvalue weighted by Gasteiger charge is -2.27. The van der Waals surface area contributed by atoms with Crippen LogP contribution < -0.4 is 0 Å². The second-order valence-electron chi connectivity index (χ2n) is 7.87. The van der Waals surface area contributed by atoms with E-state index in [4.69, 9.17) is 0 Å². The summed E-state index contributed by atoms with van der Waals surface area (Å²) in [6.07, 6.45) is -4.21. The molecule has 32 heteroatoms. The van der Waals surface area contributed by atoms with Gasteiger partial charge in [0.2, 0.25) is 0 Å². The molecule has 0 bridgehead atoms. The van der Waals surface area contributed by atoms with Crippen molar-refractivity contribution >= 4 is 7.82 Å². The van der Waals surface area contributed by atoms with Gasteiger partial charge in [0, 0.05) is 34.0 Å².